The van der Waals surface area contributed by atoms with Gasteiger partial charge in [0.25, 0.3) is 0 Å². The largest absolute Gasteiger partial charge is 0.374 e. The van der Waals surface area contributed by atoms with Crippen LogP contribution >= 0.6 is 0 Å². The molecule has 0 unspecified atom stereocenters. The van der Waals surface area contributed by atoms with Crippen molar-refractivity contribution in [2.24, 2.45) is 23.7 Å². The van der Waals surface area contributed by atoms with Gasteiger partial charge in [-0.1, -0.05) is 34.6 Å². The van der Waals surface area contributed by atoms with E-state index in [0.29, 0.717) is 30.0 Å². The molecule has 0 aliphatic carbocycles. The smallest absolute Gasteiger partial charge is 0.0629 e. The average Bonchev–Trinajstić information content (AvgIpc) is 2.07. The number of rotatable bonds is 1. The Hall–Kier alpha value is -0.0400. The summed E-state index contributed by atoms with van der Waals surface area (Å²) in [6.07, 6.45) is 0.889. The SMILES string of the molecule is CC(C)[C@@H]1O[C@H](C)[C@H](C)[C@H](C)[C@@H]1C. The van der Waals surface area contributed by atoms with Crippen LogP contribution in [0.1, 0.15) is 41.5 Å². The Bertz CT molecular complexity index is 165. The summed E-state index contributed by atoms with van der Waals surface area (Å²) in [5, 5.41) is 0. The Kier molecular flexibility index (Phi) is 3.39. The van der Waals surface area contributed by atoms with E-state index in [0.717, 1.165) is 5.92 Å². The molecule has 0 N–H and O–H groups in total. The summed E-state index contributed by atoms with van der Waals surface area (Å²) in [7, 11) is 0. The first-order valence-corrected chi connectivity index (χ1v) is 5.60. The van der Waals surface area contributed by atoms with Crippen LogP contribution in [0.5, 0.6) is 0 Å². The van der Waals surface area contributed by atoms with Gasteiger partial charge in [-0.25, -0.2) is 0 Å². The topological polar surface area (TPSA) is 9.23 Å². The van der Waals surface area contributed by atoms with Gasteiger partial charge in [-0.05, 0) is 30.6 Å². The Balaban J connectivity index is 2.70. The zero-order valence-corrected chi connectivity index (χ0v) is 9.87. The van der Waals surface area contributed by atoms with Gasteiger partial charge in [0.2, 0.25) is 0 Å². The van der Waals surface area contributed by atoms with E-state index in [-0.39, 0.29) is 0 Å². The van der Waals surface area contributed by atoms with E-state index in [1.807, 2.05) is 0 Å². The molecule has 1 nitrogen and oxygen atoms in total. The standard InChI is InChI=1S/C12H24O/c1-7(2)12-10(5)8(3)9(4)11(6)13-12/h7-12H,1-6H3/t8-,9+,10-,11+,12-/m0/s1. The second kappa shape index (κ2) is 4.00. The highest BCUT2D eigenvalue weighted by atomic mass is 16.5. The average molecular weight is 184 g/mol. The fraction of sp³-hybridized carbons (Fsp3) is 1.00. The van der Waals surface area contributed by atoms with Crippen molar-refractivity contribution >= 4 is 0 Å². The molecule has 1 fully saturated rings. The third-order valence-electron chi connectivity index (χ3n) is 3.95. The fourth-order valence-electron chi connectivity index (χ4n) is 2.47. The third kappa shape index (κ3) is 2.07. The van der Waals surface area contributed by atoms with Gasteiger partial charge in [0, 0.05) is 0 Å². The molecule has 1 rings (SSSR count). The lowest BCUT2D eigenvalue weighted by molar-refractivity contribution is -0.141. The minimum Gasteiger partial charge on any atom is -0.374 e. The quantitative estimate of drug-likeness (QED) is 0.607. The Morgan fingerprint density at radius 2 is 1.38 bits per heavy atom. The minimum absolute atomic E-state index is 0.429. The maximum atomic E-state index is 6.04. The van der Waals surface area contributed by atoms with Gasteiger partial charge >= 0.3 is 0 Å². The molecule has 0 aromatic carbocycles. The van der Waals surface area contributed by atoms with Crippen molar-refractivity contribution in [1.29, 1.82) is 0 Å². The van der Waals surface area contributed by atoms with Gasteiger partial charge in [0.15, 0.2) is 0 Å². The van der Waals surface area contributed by atoms with Crippen LogP contribution in [0.3, 0.4) is 0 Å². The molecule has 1 heterocycles. The molecule has 0 aromatic rings. The van der Waals surface area contributed by atoms with Crippen molar-refractivity contribution in [2.45, 2.75) is 53.8 Å². The lowest BCUT2D eigenvalue weighted by Gasteiger charge is -2.44. The summed E-state index contributed by atoms with van der Waals surface area (Å²) in [5.41, 5.74) is 0. The van der Waals surface area contributed by atoms with Gasteiger partial charge in [0.1, 0.15) is 0 Å². The molecule has 5 atom stereocenters. The van der Waals surface area contributed by atoms with Crippen LogP contribution in [0.2, 0.25) is 0 Å². The van der Waals surface area contributed by atoms with Crippen molar-refractivity contribution in [2.75, 3.05) is 0 Å². The van der Waals surface area contributed by atoms with E-state index < -0.39 is 0 Å². The molecular weight excluding hydrogens is 160 g/mol. The minimum atomic E-state index is 0.429. The first kappa shape index (κ1) is 11.0. The first-order valence-electron chi connectivity index (χ1n) is 5.60. The molecule has 0 aromatic heterocycles. The molecule has 0 spiro atoms. The summed E-state index contributed by atoms with van der Waals surface area (Å²) in [4.78, 5) is 0. The second-order valence-corrected chi connectivity index (χ2v) is 5.13. The highest BCUT2D eigenvalue weighted by molar-refractivity contribution is 4.85. The van der Waals surface area contributed by atoms with E-state index in [1.165, 1.54) is 0 Å². The van der Waals surface area contributed by atoms with Crippen LogP contribution in [-0.2, 0) is 4.74 Å². The highest BCUT2D eigenvalue weighted by Gasteiger charge is 2.37. The highest BCUT2D eigenvalue weighted by Crippen LogP contribution is 2.37. The Morgan fingerprint density at radius 1 is 0.846 bits per heavy atom. The summed E-state index contributed by atoms with van der Waals surface area (Å²) in [6, 6.07) is 0. The first-order chi connectivity index (χ1) is 5.95. The second-order valence-electron chi connectivity index (χ2n) is 5.13. The number of hydrogen-bond acceptors (Lipinski definition) is 1. The van der Waals surface area contributed by atoms with E-state index in [9.17, 15) is 0 Å². The molecule has 1 aliphatic heterocycles. The zero-order chi connectivity index (χ0) is 10.2. The van der Waals surface area contributed by atoms with Crippen molar-refractivity contribution in [3.63, 3.8) is 0 Å². The van der Waals surface area contributed by atoms with E-state index >= 15 is 0 Å². The molecule has 0 bridgehead atoms. The van der Waals surface area contributed by atoms with Gasteiger partial charge in [0.05, 0.1) is 12.2 Å². The maximum absolute atomic E-state index is 6.04. The van der Waals surface area contributed by atoms with Crippen molar-refractivity contribution in [3.05, 3.63) is 0 Å². The lowest BCUT2D eigenvalue weighted by Crippen LogP contribution is -2.45. The van der Waals surface area contributed by atoms with E-state index in [2.05, 4.69) is 41.5 Å². The summed E-state index contributed by atoms with van der Waals surface area (Å²) < 4.78 is 6.04. The normalized spacial score (nSPS) is 46.8. The predicted molar refractivity (Wildman–Crippen MR) is 56.7 cm³/mol. The monoisotopic (exact) mass is 184 g/mol. The zero-order valence-electron chi connectivity index (χ0n) is 9.87. The molecule has 0 radical (unpaired) electrons. The van der Waals surface area contributed by atoms with Crippen LogP contribution in [-0.4, -0.2) is 12.2 Å². The van der Waals surface area contributed by atoms with Gasteiger partial charge in [-0.3, -0.25) is 0 Å². The molecule has 78 valence electrons. The fourth-order valence-corrected chi connectivity index (χ4v) is 2.47. The van der Waals surface area contributed by atoms with Crippen LogP contribution in [0.15, 0.2) is 0 Å². The molecule has 13 heavy (non-hydrogen) atoms. The van der Waals surface area contributed by atoms with Crippen molar-refractivity contribution in [1.82, 2.24) is 0 Å². The Morgan fingerprint density at radius 3 is 1.85 bits per heavy atom. The summed E-state index contributed by atoms with van der Waals surface area (Å²) in [5.74, 6) is 2.83. The molecule has 0 saturated carbocycles. The Labute approximate surface area is 82.9 Å². The van der Waals surface area contributed by atoms with Gasteiger partial charge in [-0.2, -0.15) is 0 Å². The predicted octanol–water partition coefficient (Wildman–Crippen LogP) is 3.34. The third-order valence-corrected chi connectivity index (χ3v) is 3.95. The molecule has 1 heteroatoms. The van der Waals surface area contributed by atoms with Crippen LogP contribution in [0, 0.1) is 23.7 Å². The molecular formula is C12H24O. The number of ether oxygens (including phenoxy) is 1. The van der Waals surface area contributed by atoms with Crippen LogP contribution in [0.25, 0.3) is 0 Å². The van der Waals surface area contributed by atoms with Gasteiger partial charge < -0.3 is 4.74 Å². The summed E-state index contributed by atoms with van der Waals surface area (Å²) >= 11 is 0. The van der Waals surface area contributed by atoms with Crippen LogP contribution in [0.4, 0.5) is 0 Å². The van der Waals surface area contributed by atoms with Crippen molar-refractivity contribution < 1.29 is 4.74 Å². The number of hydrogen-bond donors (Lipinski definition) is 0. The van der Waals surface area contributed by atoms with Crippen molar-refractivity contribution in [3.8, 4) is 0 Å². The lowest BCUT2D eigenvalue weighted by atomic mass is 9.74. The van der Waals surface area contributed by atoms with E-state index in [1.54, 1.807) is 0 Å². The molecule has 1 aliphatic rings. The van der Waals surface area contributed by atoms with Gasteiger partial charge in [-0.15, -0.1) is 0 Å². The maximum Gasteiger partial charge on any atom is 0.0629 e. The molecule has 1 saturated heterocycles. The molecule has 0 amide bonds. The summed E-state index contributed by atoms with van der Waals surface area (Å²) in [6.45, 7) is 13.7. The van der Waals surface area contributed by atoms with E-state index in [4.69, 9.17) is 4.74 Å². The van der Waals surface area contributed by atoms with Crippen LogP contribution < -0.4 is 0 Å².